The fourth-order valence-electron chi connectivity index (χ4n) is 2.58. The molecule has 2 N–H and O–H groups in total. The molecule has 22 heavy (non-hydrogen) atoms. The van der Waals surface area contributed by atoms with E-state index in [0.717, 1.165) is 29.9 Å². The summed E-state index contributed by atoms with van der Waals surface area (Å²) >= 11 is 0. The van der Waals surface area contributed by atoms with Gasteiger partial charge in [-0.05, 0) is 30.9 Å². The second kappa shape index (κ2) is 7.07. The molecule has 0 aliphatic heterocycles. The Balaban J connectivity index is 2.03. The minimum atomic E-state index is 0.111. The van der Waals surface area contributed by atoms with Crippen LogP contribution < -0.4 is 5.32 Å². The van der Waals surface area contributed by atoms with E-state index >= 15 is 0 Å². The van der Waals surface area contributed by atoms with Gasteiger partial charge in [0.25, 0.3) is 0 Å². The van der Waals surface area contributed by atoms with Crippen molar-refractivity contribution >= 4 is 0 Å². The third kappa shape index (κ3) is 4.68. The van der Waals surface area contributed by atoms with E-state index in [1.807, 2.05) is 41.9 Å². The lowest BCUT2D eigenvalue weighted by atomic mass is 9.88. The Morgan fingerprint density at radius 2 is 1.91 bits per heavy atom. The Morgan fingerprint density at radius 1 is 1.23 bits per heavy atom. The molecule has 0 amide bonds. The molecule has 2 rings (SSSR count). The maximum absolute atomic E-state index is 9.54. The van der Waals surface area contributed by atoms with E-state index in [0.29, 0.717) is 0 Å². The lowest BCUT2D eigenvalue weighted by Gasteiger charge is -2.25. The number of benzene rings is 1. The molecular formula is C18H27N3O. The number of aromatic nitrogens is 2. The third-order valence-electron chi connectivity index (χ3n) is 3.68. The van der Waals surface area contributed by atoms with Gasteiger partial charge in [-0.25, -0.2) is 4.68 Å². The highest BCUT2D eigenvalue weighted by molar-refractivity contribution is 5.32. The van der Waals surface area contributed by atoms with Gasteiger partial charge < -0.3 is 10.4 Å². The Labute approximate surface area is 133 Å². The summed E-state index contributed by atoms with van der Waals surface area (Å²) in [6, 6.07) is 10.2. The summed E-state index contributed by atoms with van der Waals surface area (Å²) in [6.45, 7) is 9.47. The summed E-state index contributed by atoms with van der Waals surface area (Å²) in [6.07, 6.45) is 3.00. The summed E-state index contributed by atoms with van der Waals surface area (Å²) in [4.78, 5) is 0. The zero-order valence-corrected chi connectivity index (χ0v) is 14.0. The van der Waals surface area contributed by atoms with Crippen LogP contribution in [-0.2, 0) is 6.54 Å². The molecule has 1 heterocycles. The van der Waals surface area contributed by atoms with Crippen LogP contribution in [-0.4, -0.2) is 27.5 Å². The topological polar surface area (TPSA) is 50.1 Å². The SMILES string of the molecule is Cc1nn(-c2ccccc2)cc1CNC(CO)CC(C)(C)C. The van der Waals surface area contributed by atoms with E-state index in [1.165, 1.54) is 0 Å². The van der Waals surface area contributed by atoms with Gasteiger partial charge in [0.15, 0.2) is 0 Å². The van der Waals surface area contributed by atoms with E-state index < -0.39 is 0 Å². The molecule has 0 bridgehead atoms. The van der Waals surface area contributed by atoms with Crippen LogP contribution in [0.2, 0.25) is 0 Å². The Bertz CT molecular complexity index is 584. The van der Waals surface area contributed by atoms with Gasteiger partial charge in [0.2, 0.25) is 0 Å². The van der Waals surface area contributed by atoms with E-state index in [-0.39, 0.29) is 18.1 Å². The maximum atomic E-state index is 9.54. The van der Waals surface area contributed by atoms with Gasteiger partial charge in [-0.3, -0.25) is 0 Å². The summed E-state index contributed by atoms with van der Waals surface area (Å²) in [5.74, 6) is 0. The first-order valence-corrected chi connectivity index (χ1v) is 7.84. The van der Waals surface area contributed by atoms with Crippen LogP contribution in [0.5, 0.6) is 0 Å². The molecule has 0 spiro atoms. The van der Waals surface area contributed by atoms with E-state index in [1.54, 1.807) is 0 Å². The van der Waals surface area contributed by atoms with Crippen LogP contribution in [0.25, 0.3) is 5.69 Å². The van der Waals surface area contributed by atoms with Crippen LogP contribution in [0.3, 0.4) is 0 Å². The number of aryl methyl sites for hydroxylation is 1. The van der Waals surface area contributed by atoms with Crippen molar-refractivity contribution in [2.24, 2.45) is 5.41 Å². The summed E-state index contributed by atoms with van der Waals surface area (Å²) in [5, 5.41) is 17.6. The summed E-state index contributed by atoms with van der Waals surface area (Å²) in [7, 11) is 0. The van der Waals surface area contributed by atoms with Crippen molar-refractivity contribution in [3.8, 4) is 5.69 Å². The number of para-hydroxylation sites is 1. The minimum Gasteiger partial charge on any atom is -0.395 e. The summed E-state index contributed by atoms with van der Waals surface area (Å²) in [5.41, 5.74) is 3.44. The summed E-state index contributed by atoms with van der Waals surface area (Å²) < 4.78 is 1.91. The molecular weight excluding hydrogens is 274 g/mol. The third-order valence-corrected chi connectivity index (χ3v) is 3.68. The van der Waals surface area contributed by atoms with Crippen molar-refractivity contribution in [1.82, 2.24) is 15.1 Å². The molecule has 120 valence electrons. The van der Waals surface area contributed by atoms with Crippen molar-refractivity contribution in [1.29, 1.82) is 0 Å². The quantitative estimate of drug-likeness (QED) is 0.862. The van der Waals surface area contributed by atoms with Crippen LogP contribution in [0, 0.1) is 12.3 Å². The predicted molar refractivity (Wildman–Crippen MR) is 90.1 cm³/mol. The molecule has 1 aromatic heterocycles. The number of nitrogens with one attached hydrogen (secondary N) is 1. The van der Waals surface area contributed by atoms with E-state index in [2.05, 4.69) is 37.4 Å². The molecule has 0 saturated heterocycles. The minimum absolute atomic E-state index is 0.111. The van der Waals surface area contributed by atoms with Gasteiger partial charge in [0, 0.05) is 24.3 Å². The van der Waals surface area contributed by atoms with Crippen LogP contribution >= 0.6 is 0 Å². The smallest absolute Gasteiger partial charge is 0.0645 e. The monoisotopic (exact) mass is 301 g/mol. The molecule has 1 unspecified atom stereocenters. The van der Waals surface area contributed by atoms with Crippen molar-refractivity contribution in [3.05, 3.63) is 47.8 Å². The molecule has 2 aromatic rings. The van der Waals surface area contributed by atoms with Crippen LogP contribution in [0.15, 0.2) is 36.5 Å². The molecule has 0 fully saturated rings. The number of hydrogen-bond donors (Lipinski definition) is 2. The van der Waals surface area contributed by atoms with E-state index in [9.17, 15) is 5.11 Å². The second-order valence-electron chi connectivity index (χ2n) is 7.05. The lowest BCUT2D eigenvalue weighted by molar-refractivity contribution is 0.198. The number of rotatable bonds is 6. The second-order valence-corrected chi connectivity index (χ2v) is 7.05. The zero-order chi connectivity index (χ0) is 16.2. The van der Waals surface area contributed by atoms with E-state index in [4.69, 9.17) is 0 Å². The molecule has 4 nitrogen and oxygen atoms in total. The van der Waals surface area contributed by atoms with Crippen molar-refractivity contribution < 1.29 is 5.11 Å². The Hall–Kier alpha value is -1.65. The predicted octanol–water partition coefficient (Wildman–Crippen LogP) is 3.07. The normalized spacial score (nSPS) is 13.3. The van der Waals surface area contributed by atoms with Gasteiger partial charge in [0.05, 0.1) is 18.0 Å². The van der Waals surface area contributed by atoms with Crippen molar-refractivity contribution in [2.75, 3.05) is 6.61 Å². The Morgan fingerprint density at radius 3 is 2.50 bits per heavy atom. The van der Waals surface area contributed by atoms with Crippen LogP contribution in [0.1, 0.15) is 38.4 Å². The first-order chi connectivity index (χ1) is 10.4. The molecule has 0 radical (unpaired) electrons. The number of aliphatic hydroxyl groups excluding tert-OH is 1. The highest BCUT2D eigenvalue weighted by atomic mass is 16.3. The molecule has 1 atom stereocenters. The average Bonchev–Trinajstić information content (AvgIpc) is 2.84. The number of hydrogen-bond acceptors (Lipinski definition) is 3. The zero-order valence-electron chi connectivity index (χ0n) is 14.0. The van der Waals surface area contributed by atoms with Gasteiger partial charge in [-0.15, -0.1) is 0 Å². The van der Waals surface area contributed by atoms with Crippen molar-refractivity contribution in [3.63, 3.8) is 0 Å². The van der Waals surface area contributed by atoms with Crippen LogP contribution in [0.4, 0.5) is 0 Å². The van der Waals surface area contributed by atoms with Gasteiger partial charge in [0.1, 0.15) is 0 Å². The molecule has 1 aromatic carbocycles. The molecule has 0 saturated carbocycles. The average molecular weight is 301 g/mol. The standard InChI is InChI=1S/C18H27N3O/c1-14-15(11-19-16(13-22)10-18(2,3)4)12-21(20-14)17-8-6-5-7-9-17/h5-9,12,16,19,22H,10-11,13H2,1-4H3. The molecule has 0 aliphatic carbocycles. The first kappa shape index (κ1) is 16.7. The number of aliphatic hydroxyl groups is 1. The van der Waals surface area contributed by atoms with Gasteiger partial charge >= 0.3 is 0 Å². The van der Waals surface area contributed by atoms with Gasteiger partial charge in [-0.1, -0.05) is 39.0 Å². The fraction of sp³-hybridized carbons (Fsp3) is 0.500. The maximum Gasteiger partial charge on any atom is 0.0645 e. The molecule has 4 heteroatoms. The number of nitrogens with zero attached hydrogens (tertiary/aromatic N) is 2. The largest absolute Gasteiger partial charge is 0.395 e. The Kier molecular flexibility index (Phi) is 5.37. The van der Waals surface area contributed by atoms with Crippen molar-refractivity contribution in [2.45, 2.75) is 46.7 Å². The highest BCUT2D eigenvalue weighted by Crippen LogP contribution is 2.21. The highest BCUT2D eigenvalue weighted by Gasteiger charge is 2.18. The lowest BCUT2D eigenvalue weighted by Crippen LogP contribution is -2.35. The molecule has 0 aliphatic rings. The van der Waals surface area contributed by atoms with Gasteiger partial charge in [-0.2, -0.15) is 5.10 Å². The fourth-order valence-corrected chi connectivity index (χ4v) is 2.58. The first-order valence-electron chi connectivity index (χ1n) is 7.84.